The molecule has 0 atom stereocenters. The molecule has 0 unspecified atom stereocenters. The van der Waals surface area contributed by atoms with E-state index in [2.05, 4.69) is 16.3 Å². The van der Waals surface area contributed by atoms with Crippen LogP contribution >= 0.6 is 11.6 Å². The van der Waals surface area contributed by atoms with E-state index in [1.54, 1.807) is 0 Å². The molecule has 0 saturated carbocycles. The van der Waals surface area contributed by atoms with Crippen molar-refractivity contribution in [2.75, 3.05) is 32.7 Å². The predicted octanol–water partition coefficient (Wildman–Crippen LogP) is 2.57. The quantitative estimate of drug-likeness (QED) is 0.898. The minimum absolute atomic E-state index is 0.157. The molecule has 3 nitrogen and oxygen atoms in total. The van der Waals surface area contributed by atoms with Crippen LogP contribution in [0.2, 0.25) is 5.02 Å². The number of piperazine rings is 1. The number of hydrogen-bond donors (Lipinski definition) is 1. The predicted molar refractivity (Wildman–Crippen MR) is 80.2 cm³/mol. The van der Waals surface area contributed by atoms with Gasteiger partial charge in [0.1, 0.15) is 5.75 Å². The minimum atomic E-state index is 0.157. The van der Waals surface area contributed by atoms with E-state index in [4.69, 9.17) is 16.3 Å². The SMILES string of the molecule is CC(C)Oc1ccc(CCN2CCNCC2)cc1Cl. The lowest BCUT2D eigenvalue weighted by molar-refractivity contribution is 0.241. The van der Waals surface area contributed by atoms with Crippen LogP contribution in [-0.2, 0) is 6.42 Å². The van der Waals surface area contributed by atoms with Gasteiger partial charge >= 0.3 is 0 Å². The second-order valence-electron chi connectivity index (χ2n) is 5.27. The molecule has 1 aliphatic rings. The van der Waals surface area contributed by atoms with Gasteiger partial charge in [-0.3, -0.25) is 0 Å². The van der Waals surface area contributed by atoms with Gasteiger partial charge in [0, 0.05) is 32.7 Å². The summed E-state index contributed by atoms with van der Waals surface area (Å²) in [5, 5.41) is 4.08. The molecule has 1 aromatic rings. The zero-order valence-corrected chi connectivity index (χ0v) is 12.5. The number of hydrogen-bond acceptors (Lipinski definition) is 3. The van der Waals surface area contributed by atoms with Crippen LogP contribution in [0.4, 0.5) is 0 Å². The third-order valence-corrected chi connectivity index (χ3v) is 3.58. The van der Waals surface area contributed by atoms with Crippen molar-refractivity contribution in [1.82, 2.24) is 10.2 Å². The first-order chi connectivity index (χ1) is 9.15. The summed E-state index contributed by atoms with van der Waals surface area (Å²) in [5.41, 5.74) is 1.28. The normalized spacial score (nSPS) is 16.8. The van der Waals surface area contributed by atoms with Gasteiger partial charge in [-0.25, -0.2) is 0 Å². The maximum Gasteiger partial charge on any atom is 0.138 e. The molecule has 4 heteroatoms. The lowest BCUT2D eigenvalue weighted by Crippen LogP contribution is -2.44. The van der Waals surface area contributed by atoms with E-state index in [0.29, 0.717) is 5.02 Å². The van der Waals surface area contributed by atoms with Gasteiger partial charge in [0.05, 0.1) is 11.1 Å². The van der Waals surface area contributed by atoms with Gasteiger partial charge in [-0.1, -0.05) is 17.7 Å². The van der Waals surface area contributed by atoms with Crippen molar-refractivity contribution in [3.8, 4) is 5.75 Å². The highest BCUT2D eigenvalue weighted by atomic mass is 35.5. The topological polar surface area (TPSA) is 24.5 Å². The molecule has 0 radical (unpaired) electrons. The molecule has 1 saturated heterocycles. The molecule has 1 aliphatic heterocycles. The molecule has 19 heavy (non-hydrogen) atoms. The number of ether oxygens (including phenoxy) is 1. The van der Waals surface area contributed by atoms with Crippen LogP contribution in [0, 0.1) is 0 Å². The summed E-state index contributed by atoms with van der Waals surface area (Å²) in [6.45, 7) is 9.60. The summed E-state index contributed by atoms with van der Waals surface area (Å²) in [7, 11) is 0. The van der Waals surface area contributed by atoms with Crippen LogP contribution in [-0.4, -0.2) is 43.7 Å². The van der Waals surface area contributed by atoms with E-state index in [9.17, 15) is 0 Å². The van der Waals surface area contributed by atoms with Crippen molar-refractivity contribution < 1.29 is 4.74 Å². The zero-order valence-electron chi connectivity index (χ0n) is 11.8. The lowest BCUT2D eigenvalue weighted by atomic mass is 10.1. The second kappa shape index (κ2) is 7.13. The Kier molecular flexibility index (Phi) is 5.49. The first kappa shape index (κ1) is 14.6. The van der Waals surface area contributed by atoms with Gasteiger partial charge in [-0.15, -0.1) is 0 Å². The number of benzene rings is 1. The third kappa shape index (κ3) is 4.68. The smallest absolute Gasteiger partial charge is 0.138 e. The van der Waals surface area contributed by atoms with Gasteiger partial charge in [-0.05, 0) is 38.0 Å². The van der Waals surface area contributed by atoms with Gasteiger partial charge in [0.25, 0.3) is 0 Å². The van der Waals surface area contributed by atoms with E-state index >= 15 is 0 Å². The van der Waals surface area contributed by atoms with Gasteiger partial charge in [0.15, 0.2) is 0 Å². The average Bonchev–Trinajstić information content (AvgIpc) is 2.40. The highest BCUT2D eigenvalue weighted by Gasteiger charge is 2.10. The maximum absolute atomic E-state index is 6.25. The molecule has 1 aromatic carbocycles. The van der Waals surface area contributed by atoms with Crippen molar-refractivity contribution in [1.29, 1.82) is 0 Å². The minimum Gasteiger partial charge on any atom is -0.489 e. The fraction of sp³-hybridized carbons (Fsp3) is 0.600. The van der Waals surface area contributed by atoms with Crippen LogP contribution < -0.4 is 10.1 Å². The van der Waals surface area contributed by atoms with Crippen LogP contribution in [0.1, 0.15) is 19.4 Å². The Bertz CT molecular complexity index is 403. The summed E-state index contributed by atoms with van der Waals surface area (Å²) in [6, 6.07) is 6.13. The summed E-state index contributed by atoms with van der Waals surface area (Å²) in [5.74, 6) is 0.780. The summed E-state index contributed by atoms with van der Waals surface area (Å²) >= 11 is 6.25. The molecular weight excluding hydrogens is 260 g/mol. The molecular formula is C15H23ClN2O. The van der Waals surface area contributed by atoms with Gasteiger partial charge in [-0.2, -0.15) is 0 Å². The lowest BCUT2D eigenvalue weighted by Gasteiger charge is -2.27. The fourth-order valence-electron chi connectivity index (χ4n) is 2.27. The Morgan fingerprint density at radius 3 is 2.68 bits per heavy atom. The molecule has 0 bridgehead atoms. The number of rotatable bonds is 5. The Morgan fingerprint density at radius 2 is 2.05 bits per heavy atom. The third-order valence-electron chi connectivity index (χ3n) is 3.29. The Hall–Kier alpha value is -0.770. The first-order valence-electron chi connectivity index (χ1n) is 7.03. The molecule has 0 amide bonds. The van der Waals surface area contributed by atoms with Crippen molar-refractivity contribution in [3.63, 3.8) is 0 Å². The molecule has 1 N–H and O–H groups in total. The van der Waals surface area contributed by atoms with Crippen molar-refractivity contribution in [2.45, 2.75) is 26.4 Å². The highest BCUT2D eigenvalue weighted by molar-refractivity contribution is 6.32. The Labute approximate surface area is 120 Å². The van der Waals surface area contributed by atoms with Crippen LogP contribution in [0.15, 0.2) is 18.2 Å². The summed E-state index contributed by atoms with van der Waals surface area (Å²) < 4.78 is 5.64. The Morgan fingerprint density at radius 1 is 1.32 bits per heavy atom. The van der Waals surface area contributed by atoms with E-state index in [-0.39, 0.29) is 6.10 Å². The maximum atomic E-state index is 6.25. The molecule has 0 aromatic heterocycles. The van der Waals surface area contributed by atoms with Crippen LogP contribution in [0.25, 0.3) is 0 Å². The number of nitrogens with zero attached hydrogens (tertiary/aromatic N) is 1. The van der Waals surface area contributed by atoms with Crippen LogP contribution in [0.5, 0.6) is 5.75 Å². The molecule has 2 rings (SSSR count). The van der Waals surface area contributed by atoms with Gasteiger partial charge in [0.2, 0.25) is 0 Å². The number of halogens is 1. The molecule has 1 heterocycles. The molecule has 106 valence electrons. The van der Waals surface area contributed by atoms with E-state index in [1.165, 1.54) is 5.56 Å². The Balaban J connectivity index is 1.88. The first-order valence-corrected chi connectivity index (χ1v) is 7.41. The monoisotopic (exact) mass is 282 g/mol. The average molecular weight is 283 g/mol. The van der Waals surface area contributed by atoms with Crippen LogP contribution in [0.3, 0.4) is 0 Å². The van der Waals surface area contributed by atoms with Gasteiger partial charge < -0.3 is 15.0 Å². The summed E-state index contributed by atoms with van der Waals surface area (Å²) in [4.78, 5) is 2.49. The second-order valence-corrected chi connectivity index (χ2v) is 5.68. The van der Waals surface area contributed by atoms with Crippen molar-refractivity contribution >= 4 is 11.6 Å². The fourth-order valence-corrected chi connectivity index (χ4v) is 2.52. The molecule has 0 aliphatic carbocycles. The number of nitrogens with one attached hydrogen (secondary N) is 1. The van der Waals surface area contributed by atoms with E-state index < -0.39 is 0 Å². The van der Waals surface area contributed by atoms with Crippen molar-refractivity contribution in [2.24, 2.45) is 0 Å². The standard InChI is InChI=1S/C15H23ClN2O/c1-12(2)19-15-4-3-13(11-14(15)16)5-8-18-9-6-17-7-10-18/h3-4,11-12,17H,5-10H2,1-2H3. The molecule has 0 spiro atoms. The van der Waals surface area contributed by atoms with E-state index in [0.717, 1.165) is 44.9 Å². The highest BCUT2D eigenvalue weighted by Crippen LogP contribution is 2.26. The van der Waals surface area contributed by atoms with E-state index in [1.807, 2.05) is 26.0 Å². The largest absolute Gasteiger partial charge is 0.489 e. The zero-order chi connectivity index (χ0) is 13.7. The summed E-state index contributed by atoms with van der Waals surface area (Å²) in [6.07, 6.45) is 1.20. The molecule has 1 fully saturated rings. The van der Waals surface area contributed by atoms with Crippen molar-refractivity contribution in [3.05, 3.63) is 28.8 Å².